The van der Waals surface area contributed by atoms with Crippen LogP contribution >= 0.6 is 46.4 Å². The van der Waals surface area contributed by atoms with Crippen LogP contribution in [0.1, 0.15) is 130 Å². The van der Waals surface area contributed by atoms with Crippen molar-refractivity contribution >= 4 is 46.4 Å². The van der Waals surface area contributed by atoms with Crippen molar-refractivity contribution in [2.45, 2.75) is 158 Å². The zero-order valence-corrected chi connectivity index (χ0v) is 36.5. The second-order valence-corrected chi connectivity index (χ2v) is 16.6. The summed E-state index contributed by atoms with van der Waals surface area (Å²) in [5, 5.41) is 0. The van der Waals surface area contributed by atoms with Crippen molar-refractivity contribution in [1.82, 2.24) is 0 Å². The highest BCUT2D eigenvalue weighted by molar-refractivity contribution is 6.18. The number of hydrogen-bond acceptors (Lipinski definition) is 7. The van der Waals surface area contributed by atoms with Crippen molar-refractivity contribution in [3.63, 3.8) is 0 Å². The van der Waals surface area contributed by atoms with Crippen molar-refractivity contribution in [3.8, 4) is 0 Å². The van der Waals surface area contributed by atoms with Gasteiger partial charge in [-0.25, -0.2) is 0 Å². The maximum Gasteiger partial charge on any atom is 0.121 e. The molecule has 0 saturated heterocycles. The lowest BCUT2D eigenvalue weighted by Crippen LogP contribution is -2.22. The van der Waals surface area contributed by atoms with Crippen LogP contribution in [0.15, 0.2) is 0 Å². The van der Waals surface area contributed by atoms with Crippen LogP contribution in [0.25, 0.3) is 0 Å². The van der Waals surface area contributed by atoms with Crippen molar-refractivity contribution in [3.05, 3.63) is 0 Å². The van der Waals surface area contributed by atoms with Crippen LogP contribution in [0.3, 0.4) is 0 Å². The highest BCUT2D eigenvalue weighted by Crippen LogP contribution is 2.09. The van der Waals surface area contributed by atoms with Gasteiger partial charge in [0, 0.05) is 37.5 Å². The van der Waals surface area contributed by atoms with E-state index in [-0.39, 0.29) is 34.1 Å². The highest BCUT2D eigenvalue weighted by atomic mass is 35.5. The molecule has 0 N–H and O–H groups in total. The van der Waals surface area contributed by atoms with E-state index < -0.39 is 0 Å². The minimum absolute atomic E-state index is 0.00788. The first-order valence-corrected chi connectivity index (χ1v) is 19.0. The maximum absolute atomic E-state index is 5.49. The largest absolute Gasteiger partial charge is 0.379 e. The van der Waals surface area contributed by atoms with E-state index >= 15 is 0 Å². The van der Waals surface area contributed by atoms with Gasteiger partial charge >= 0.3 is 0 Å². The van der Waals surface area contributed by atoms with Gasteiger partial charge in [0.05, 0.1) is 61.0 Å². The van der Waals surface area contributed by atoms with Crippen LogP contribution in [0.2, 0.25) is 0 Å². The summed E-state index contributed by atoms with van der Waals surface area (Å²) in [6, 6.07) is 0.281. The maximum atomic E-state index is 5.49. The molecule has 47 heavy (non-hydrogen) atoms. The summed E-state index contributed by atoms with van der Waals surface area (Å²) in [4.78, 5) is 0. The van der Waals surface area contributed by atoms with Crippen LogP contribution in [0.4, 0.5) is 0 Å². The van der Waals surface area contributed by atoms with Gasteiger partial charge in [-0.1, -0.05) is 18.5 Å². The molecule has 0 rings (SSSR count). The fourth-order valence-corrected chi connectivity index (χ4v) is 2.87. The van der Waals surface area contributed by atoms with Gasteiger partial charge in [0.25, 0.3) is 0 Å². The van der Waals surface area contributed by atoms with Gasteiger partial charge in [0.1, 0.15) is 6.07 Å². The molecule has 11 heteroatoms. The molecule has 7 nitrogen and oxygen atoms in total. The van der Waals surface area contributed by atoms with Crippen molar-refractivity contribution in [2.24, 2.45) is 0 Å². The van der Waals surface area contributed by atoms with Crippen molar-refractivity contribution in [1.29, 1.82) is 0 Å². The minimum atomic E-state index is -0.0816. The fourth-order valence-electron chi connectivity index (χ4n) is 2.25. The van der Waals surface area contributed by atoms with Crippen LogP contribution in [0, 0.1) is 0 Å². The van der Waals surface area contributed by atoms with Gasteiger partial charge in [-0.05, 0) is 123 Å². The molecule has 0 aliphatic heterocycles. The topological polar surface area (TPSA) is 64.6 Å². The van der Waals surface area contributed by atoms with Crippen LogP contribution < -0.4 is 0 Å². The first kappa shape index (κ1) is 57.2. The third-order valence-corrected chi connectivity index (χ3v) is 5.01. The van der Waals surface area contributed by atoms with Gasteiger partial charge in [-0.3, -0.25) is 0 Å². The highest BCUT2D eigenvalue weighted by Gasteiger charge is 2.10. The van der Waals surface area contributed by atoms with Crippen molar-refractivity contribution in [2.75, 3.05) is 76.6 Å². The van der Waals surface area contributed by atoms with E-state index in [2.05, 4.69) is 6.92 Å². The van der Waals surface area contributed by atoms with E-state index in [4.69, 9.17) is 79.6 Å². The zero-order valence-electron chi connectivity index (χ0n) is 33.5. The predicted octanol–water partition coefficient (Wildman–Crippen LogP) is 11.1. The fraction of sp³-hybridized carbons (Fsp3) is 1.00. The summed E-state index contributed by atoms with van der Waals surface area (Å²) < 4.78 is 37.1. The summed E-state index contributed by atoms with van der Waals surface area (Å²) in [7, 11) is 0. The molecule has 0 amide bonds. The van der Waals surface area contributed by atoms with Crippen LogP contribution in [0.5, 0.6) is 0 Å². The van der Waals surface area contributed by atoms with E-state index in [0.717, 1.165) is 39.1 Å². The lowest BCUT2D eigenvalue weighted by Gasteiger charge is -2.19. The summed E-state index contributed by atoms with van der Waals surface area (Å²) in [5.74, 6) is 1.96. The predicted molar refractivity (Wildman–Crippen MR) is 208 cm³/mol. The monoisotopic (exact) mass is 762 g/mol. The third-order valence-electron chi connectivity index (χ3n) is 4.21. The summed E-state index contributed by atoms with van der Waals surface area (Å²) in [6.07, 6.45) is 2.95. The standard InChI is InChI=1S/C11H24O3.2C7H15ClO.C6H13ClO.C5H11ClO/c1-5-6-12-7-8-13-9-10-14-11(2,3)4;2*1-7(2,3)9-6-4-5-8;1-6(2,3)8-5-4-7;1-5(2,3)7-4-6/h5-10H2,1-4H3;2*4-6H2,1-3H3;4-5H2,1-3H3;4H2,1-3H3. The average molecular weight is 765 g/mol. The number of hydrogen-bond donors (Lipinski definition) is 0. The molecular formula is C36H78Cl4O7. The first-order valence-electron chi connectivity index (χ1n) is 16.9. The Hall–Kier alpha value is 0.880. The van der Waals surface area contributed by atoms with Gasteiger partial charge in [-0.2, -0.15) is 0 Å². The molecule has 0 saturated carbocycles. The molecule has 0 aromatic heterocycles. The molecule has 292 valence electrons. The molecule has 0 fully saturated rings. The van der Waals surface area contributed by atoms with E-state index in [0.29, 0.717) is 50.7 Å². The van der Waals surface area contributed by atoms with Crippen LogP contribution in [-0.2, 0) is 33.2 Å². The Morgan fingerprint density at radius 1 is 0.340 bits per heavy atom. The smallest absolute Gasteiger partial charge is 0.121 e. The van der Waals surface area contributed by atoms with E-state index in [1.165, 1.54) is 0 Å². The van der Waals surface area contributed by atoms with E-state index in [1.807, 2.05) is 104 Å². The molecule has 0 heterocycles. The summed E-state index contributed by atoms with van der Waals surface area (Å²) in [6.45, 7) is 38.1. The van der Waals surface area contributed by atoms with Gasteiger partial charge < -0.3 is 33.2 Å². The number of rotatable bonds is 17. The molecule has 0 aliphatic rings. The molecule has 0 atom stereocenters. The molecule has 0 bridgehead atoms. The van der Waals surface area contributed by atoms with E-state index in [1.54, 1.807) is 0 Å². The molecule has 0 spiro atoms. The zero-order chi connectivity index (χ0) is 38.1. The molecule has 0 unspecified atom stereocenters. The first-order chi connectivity index (χ1) is 21.3. The Kier molecular flexibility index (Phi) is 43.0. The molecular weight excluding hydrogens is 686 g/mol. The molecule has 0 aliphatic carbocycles. The Labute approximate surface area is 313 Å². The Balaban J connectivity index is -0.000000160. The normalized spacial score (nSPS) is 12.0. The Bertz CT molecular complexity index is 573. The summed E-state index contributed by atoms with van der Waals surface area (Å²) >= 11 is 21.5. The van der Waals surface area contributed by atoms with Crippen molar-refractivity contribution < 1.29 is 33.2 Å². The van der Waals surface area contributed by atoms with Gasteiger partial charge in [0.2, 0.25) is 0 Å². The Morgan fingerprint density at radius 3 is 0.872 bits per heavy atom. The lowest BCUT2D eigenvalue weighted by molar-refractivity contribution is -0.0424. The lowest BCUT2D eigenvalue weighted by atomic mass is 10.2. The Morgan fingerprint density at radius 2 is 0.638 bits per heavy atom. The quantitative estimate of drug-likeness (QED) is 0.108. The molecule has 0 aromatic rings. The minimum Gasteiger partial charge on any atom is -0.379 e. The number of ether oxygens (including phenoxy) is 7. The second kappa shape index (κ2) is 35.3. The SMILES string of the molecule is CC(C)(C)OCCCCl.CC(C)(C)OCCCCl.CC(C)(C)OCCCl.CC(C)(C)OCCl.CCCOCCOCCOC(C)(C)C. The van der Waals surface area contributed by atoms with E-state index in [9.17, 15) is 0 Å². The number of halogens is 4. The van der Waals surface area contributed by atoms with Gasteiger partial charge in [-0.15, -0.1) is 34.8 Å². The molecule has 0 aromatic carbocycles. The second-order valence-electron chi connectivity index (χ2n) is 15.2. The average Bonchev–Trinajstić information content (AvgIpc) is 2.88. The number of alkyl halides is 4. The van der Waals surface area contributed by atoms with Crippen LogP contribution in [-0.4, -0.2) is 105 Å². The third kappa shape index (κ3) is 87.3. The van der Waals surface area contributed by atoms with Gasteiger partial charge in [0.15, 0.2) is 0 Å². The summed E-state index contributed by atoms with van der Waals surface area (Å²) in [5.41, 5.74) is -0.198. The molecule has 0 radical (unpaired) electrons.